The summed E-state index contributed by atoms with van der Waals surface area (Å²) in [6, 6.07) is 0. The number of carbonyl (C=O) groups is 1. The van der Waals surface area contributed by atoms with Gasteiger partial charge in [-0.3, -0.25) is 4.79 Å². The van der Waals surface area contributed by atoms with Crippen molar-refractivity contribution < 1.29 is 4.79 Å². The highest BCUT2D eigenvalue weighted by molar-refractivity contribution is 5.76. The Morgan fingerprint density at radius 3 is 2.86 bits per heavy atom. The van der Waals surface area contributed by atoms with Crippen LogP contribution in [-0.4, -0.2) is 23.9 Å². The highest BCUT2D eigenvalue weighted by atomic mass is 16.2. The lowest BCUT2D eigenvalue weighted by atomic mass is 9.71. The third-order valence-electron chi connectivity index (χ3n) is 6.89. The number of amides is 1. The van der Waals surface area contributed by atoms with Crippen molar-refractivity contribution in [2.75, 3.05) is 13.1 Å². The Morgan fingerprint density at radius 1 is 1.19 bits per heavy atom. The van der Waals surface area contributed by atoms with E-state index in [1.165, 1.54) is 57.8 Å². The van der Waals surface area contributed by atoms with E-state index in [4.69, 9.17) is 0 Å². The Morgan fingerprint density at radius 2 is 2.14 bits per heavy atom. The molecule has 1 amide bonds. The van der Waals surface area contributed by atoms with Crippen LogP contribution in [0.15, 0.2) is 12.2 Å². The van der Waals surface area contributed by atoms with E-state index in [0.29, 0.717) is 11.3 Å². The van der Waals surface area contributed by atoms with Gasteiger partial charge in [0.05, 0.1) is 0 Å². The fourth-order valence-electron chi connectivity index (χ4n) is 5.71. The van der Waals surface area contributed by atoms with Crippen LogP contribution in [0.25, 0.3) is 0 Å². The van der Waals surface area contributed by atoms with Gasteiger partial charge in [-0.1, -0.05) is 18.6 Å². The second-order valence-electron chi connectivity index (χ2n) is 8.27. The minimum Gasteiger partial charge on any atom is -0.342 e. The number of nitrogens with zero attached hydrogens (tertiary/aromatic N) is 1. The van der Waals surface area contributed by atoms with Crippen molar-refractivity contribution in [2.24, 2.45) is 23.2 Å². The lowest BCUT2D eigenvalue weighted by molar-refractivity contribution is -0.136. The maximum atomic E-state index is 12.8. The van der Waals surface area contributed by atoms with E-state index in [1.54, 1.807) is 0 Å². The first kappa shape index (κ1) is 13.8. The highest BCUT2D eigenvalue weighted by Crippen LogP contribution is 2.50. The van der Waals surface area contributed by atoms with E-state index in [2.05, 4.69) is 17.1 Å². The largest absolute Gasteiger partial charge is 0.342 e. The maximum absolute atomic E-state index is 12.8. The third-order valence-corrected chi connectivity index (χ3v) is 6.89. The molecule has 3 fully saturated rings. The predicted molar refractivity (Wildman–Crippen MR) is 84.8 cm³/mol. The van der Waals surface area contributed by atoms with E-state index in [9.17, 15) is 4.79 Å². The molecule has 2 nitrogen and oxygen atoms in total. The first-order valence-corrected chi connectivity index (χ1v) is 9.17. The molecule has 4 atom stereocenters. The number of hydrogen-bond acceptors (Lipinski definition) is 1. The van der Waals surface area contributed by atoms with Gasteiger partial charge in [-0.25, -0.2) is 0 Å². The van der Waals surface area contributed by atoms with Crippen LogP contribution in [0.1, 0.15) is 64.2 Å². The fourth-order valence-corrected chi connectivity index (χ4v) is 5.71. The SMILES string of the molecule is O=C(C[C@@H]1C[C@H]2CC[C@H]1C2)N1CCC[C@@]2(CC=CCC2)C1. The zero-order chi connectivity index (χ0) is 14.3. The van der Waals surface area contributed by atoms with Crippen LogP contribution in [0.5, 0.6) is 0 Å². The summed E-state index contributed by atoms with van der Waals surface area (Å²) >= 11 is 0. The fraction of sp³-hybridized carbons (Fsp3) is 0.842. The second-order valence-corrected chi connectivity index (χ2v) is 8.27. The lowest BCUT2D eigenvalue weighted by Gasteiger charge is -2.44. The van der Waals surface area contributed by atoms with Gasteiger partial charge in [-0.05, 0) is 74.5 Å². The molecule has 4 rings (SSSR count). The summed E-state index contributed by atoms with van der Waals surface area (Å²) in [7, 11) is 0. The van der Waals surface area contributed by atoms with Gasteiger partial charge in [0, 0.05) is 19.5 Å². The summed E-state index contributed by atoms with van der Waals surface area (Å²) < 4.78 is 0. The smallest absolute Gasteiger partial charge is 0.222 e. The van der Waals surface area contributed by atoms with E-state index in [1.807, 2.05) is 0 Å². The zero-order valence-corrected chi connectivity index (χ0v) is 13.2. The average Bonchev–Trinajstić information content (AvgIpc) is 3.11. The Kier molecular flexibility index (Phi) is 3.59. The Labute approximate surface area is 129 Å². The van der Waals surface area contributed by atoms with Crippen molar-refractivity contribution in [3.63, 3.8) is 0 Å². The molecule has 4 aliphatic rings. The molecule has 1 heterocycles. The molecule has 1 spiro atoms. The molecule has 1 saturated heterocycles. The zero-order valence-electron chi connectivity index (χ0n) is 13.2. The van der Waals surface area contributed by atoms with Gasteiger partial charge in [-0.2, -0.15) is 0 Å². The summed E-state index contributed by atoms with van der Waals surface area (Å²) in [4.78, 5) is 15.0. The number of rotatable bonds is 2. The van der Waals surface area contributed by atoms with Crippen LogP contribution in [0.3, 0.4) is 0 Å². The third kappa shape index (κ3) is 2.66. The second kappa shape index (κ2) is 5.44. The molecule has 1 aliphatic heterocycles. The molecule has 0 aromatic heterocycles. The molecular weight excluding hydrogens is 258 g/mol. The van der Waals surface area contributed by atoms with Crippen LogP contribution in [0.4, 0.5) is 0 Å². The molecule has 116 valence electrons. The van der Waals surface area contributed by atoms with Gasteiger partial charge in [0.15, 0.2) is 0 Å². The highest BCUT2D eigenvalue weighted by Gasteiger charge is 2.42. The summed E-state index contributed by atoms with van der Waals surface area (Å²) in [5.41, 5.74) is 0.428. The van der Waals surface area contributed by atoms with Gasteiger partial charge < -0.3 is 4.90 Å². The predicted octanol–water partition coefficient (Wildman–Crippen LogP) is 4.16. The topological polar surface area (TPSA) is 20.3 Å². The van der Waals surface area contributed by atoms with E-state index in [0.717, 1.165) is 37.3 Å². The molecule has 0 N–H and O–H groups in total. The standard InChI is InChI=1S/C19H29NO/c21-18(13-17-12-15-5-6-16(17)11-15)20-10-4-9-19(14-20)7-2-1-3-8-19/h1-2,15-17H,3-14H2/t15-,16-,17-,19-/m0/s1. The molecule has 0 unspecified atom stereocenters. The number of allylic oxidation sites excluding steroid dienone is 2. The lowest BCUT2D eigenvalue weighted by Crippen LogP contribution is -2.47. The summed E-state index contributed by atoms with van der Waals surface area (Å²) in [6.07, 6.45) is 17.4. The van der Waals surface area contributed by atoms with Crippen LogP contribution in [0, 0.1) is 23.2 Å². The number of fused-ring (bicyclic) bond motifs is 2. The molecule has 3 aliphatic carbocycles. The minimum atomic E-state index is 0.428. The van der Waals surface area contributed by atoms with Crippen molar-refractivity contribution >= 4 is 5.91 Å². The molecule has 0 aromatic carbocycles. The van der Waals surface area contributed by atoms with Crippen LogP contribution in [0.2, 0.25) is 0 Å². The number of piperidine rings is 1. The van der Waals surface area contributed by atoms with Crippen LogP contribution >= 0.6 is 0 Å². The first-order valence-electron chi connectivity index (χ1n) is 9.17. The van der Waals surface area contributed by atoms with Crippen molar-refractivity contribution in [1.82, 2.24) is 4.90 Å². The monoisotopic (exact) mass is 287 g/mol. The quantitative estimate of drug-likeness (QED) is 0.698. The van der Waals surface area contributed by atoms with Gasteiger partial charge >= 0.3 is 0 Å². The van der Waals surface area contributed by atoms with Gasteiger partial charge in [0.1, 0.15) is 0 Å². The van der Waals surface area contributed by atoms with Crippen LogP contribution < -0.4 is 0 Å². The number of likely N-dealkylation sites (tertiary alicyclic amines) is 1. The molecule has 2 bridgehead atoms. The first-order chi connectivity index (χ1) is 10.2. The maximum Gasteiger partial charge on any atom is 0.222 e. The normalized spacial score (nSPS) is 41.9. The van der Waals surface area contributed by atoms with E-state index >= 15 is 0 Å². The van der Waals surface area contributed by atoms with Gasteiger partial charge in [0.2, 0.25) is 5.91 Å². The molecule has 21 heavy (non-hydrogen) atoms. The minimum absolute atomic E-state index is 0.428. The molecule has 2 saturated carbocycles. The van der Waals surface area contributed by atoms with Crippen LogP contribution in [-0.2, 0) is 4.79 Å². The molecule has 0 radical (unpaired) electrons. The van der Waals surface area contributed by atoms with E-state index < -0.39 is 0 Å². The van der Waals surface area contributed by atoms with Crippen molar-refractivity contribution in [1.29, 1.82) is 0 Å². The van der Waals surface area contributed by atoms with Gasteiger partial charge in [-0.15, -0.1) is 0 Å². The number of carbonyl (C=O) groups excluding carboxylic acids is 1. The summed E-state index contributed by atoms with van der Waals surface area (Å²) in [5.74, 6) is 3.04. The molecular formula is C19H29NO. The van der Waals surface area contributed by atoms with Crippen molar-refractivity contribution in [3.8, 4) is 0 Å². The molecule has 2 heteroatoms. The average molecular weight is 287 g/mol. The Balaban J connectivity index is 1.37. The summed E-state index contributed by atoms with van der Waals surface area (Å²) in [5, 5.41) is 0. The van der Waals surface area contributed by atoms with E-state index in [-0.39, 0.29) is 0 Å². The van der Waals surface area contributed by atoms with Crippen molar-refractivity contribution in [2.45, 2.75) is 64.2 Å². The Hall–Kier alpha value is -0.790. The van der Waals surface area contributed by atoms with Crippen molar-refractivity contribution in [3.05, 3.63) is 12.2 Å². The Bertz CT molecular complexity index is 443. The van der Waals surface area contributed by atoms with Gasteiger partial charge in [0.25, 0.3) is 0 Å². The molecule has 0 aromatic rings. The summed E-state index contributed by atoms with van der Waals surface area (Å²) in [6.45, 7) is 2.06. The number of hydrogen-bond donors (Lipinski definition) is 0.